The van der Waals surface area contributed by atoms with Crippen molar-refractivity contribution in [2.45, 2.75) is 23.4 Å². The number of benzene rings is 1. The van der Waals surface area contributed by atoms with Gasteiger partial charge in [-0.05, 0) is 49.3 Å². The Morgan fingerprint density at radius 2 is 2.29 bits per heavy atom. The summed E-state index contributed by atoms with van der Waals surface area (Å²) in [4.78, 5) is 5.17. The van der Waals surface area contributed by atoms with E-state index in [1.807, 2.05) is 25.1 Å². The van der Waals surface area contributed by atoms with Crippen molar-refractivity contribution in [3.63, 3.8) is 0 Å². The monoisotopic (exact) mass is 268 g/mol. The fraction of sp³-hybridized carbons (Fsp3) is 0.273. The van der Waals surface area contributed by atoms with Crippen molar-refractivity contribution in [2.24, 2.45) is 5.73 Å². The number of hydrogen-bond acceptors (Lipinski definition) is 4. The third-order valence-electron chi connectivity index (χ3n) is 2.21. The van der Waals surface area contributed by atoms with Gasteiger partial charge in [0, 0.05) is 4.90 Å². The van der Waals surface area contributed by atoms with E-state index in [9.17, 15) is 0 Å². The zero-order valence-corrected chi connectivity index (χ0v) is 11.0. The van der Waals surface area contributed by atoms with Gasteiger partial charge in [0.25, 0.3) is 0 Å². The molecule has 2 aromatic rings. The summed E-state index contributed by atoms with van der Waals surface area (Å²) in [6.45, 7) is 2.49. The summed E-state index contributed by atoms with van der Waals surface area (Å²) < 4.78 is 0. The fourth-order valence-corrected chi connectivity index (χ4v) is 2.50. The maximum atomic E-state index is 6.19. The second kappa shape index (κ2) is 5.53. The van der Waals surface area contributed by atoms with Gasteiger partial charge in [-0.2, -0.15) is 0 Å². The van der Waals surface area contributed by atoms with Crippen molar-refractivity contribution in [3.8, 4) is 0 Å². The largest absolute Gasteiger partial charge is 0.330 e. The third-order valence-corrected chi connectivity index (χ3v) is 3.57. The summed E-state index contributed by atoms with van der Waals surface area (Å²) in [5.41, 5.74) is 6.65. The highest BCUT2D eigenvalue weighted by Crippen LogP contribution is 2.31. The Morgan fingerprint density at radius 1 is 1.47 bits per heavy atom. The van der Waals surface area contributed by atoms with Gasteiger partial charge >= 0.3 is 0 Å². The lowest BCUT2D eigenvalue weighted by atomic mass is 10.1. The van der Waals surface area contributed by atoms with Crippen LogP contribution in [0.3, 0.4) is 0 Å². The van der Waals surface area contributed by atoms with Gasteiger partial charge in [-0.3, -0.25) is 5.10 Å². The average Bonchev–Trinajstić information content (AvgIpc) is 2.69. The van der Waals surface area contributed by atoms with Crippen LogP contribution in [0.15, 0.2) is 28.3 Å². The van der Waals surface area contributed by atoms with E-state index < -0.39 is 0 Å². The first-order chi connectivity index (χ1) is 8.19. The molecule has 1 aromatic carbocycles. The van der Waals surface area contributed by atoms with E-state index in [0.717, 1.165) is 22.7 Å². The standard InChI is InChI=1S/C11H13ClN4S/c1-7-14-11(16-15-7)17-10-3-2-8(4-5-13)6-9(10)12/h2-3,6H,4-5,13H2,1H3,(H,14,15,16). The van der Waals surface area contributed by atoms with E-state index in [4.69, 9.17) is 17.3 Å². The normalized spacial score (nSPS) is 10.8. The Balaban J connectivity index is 2.16. The van der Waals surface area contributed by atoms with E-state index >= 15 is 0 Å². The van der Waals surface area contributed by atoms with Crippen molar-refractivity contribution in [3.05, 3.63) is 34.6 Å². The summed E-state index contributed by atoms with van der Waals surface area (Å²) in [5.74, 6) is 0.795. The van der Waals surface area contributed by atoms with Crippen LogP contribution >= 0.6 is 23.4 Å². The van der Waals surface area contributed by atoms with Crippen LogP contribution < -0.4 is 5.73 Å². The first kappa shape index (κ1) is 12.4. The Hall–Kier alpha value is -1.04. The van der Waals surface area contributed by atoms with Crippen LogP contribution in [-0.4, -0.2) is 21.7 Å². The van der Waals surface area contributed by atoms with Gasteiger partial charge in [-0.15, -0.1) is 5.10 Å². The molecule has 3 N–H and O–H groups in total. The van der Waals surface area contributed by atoms with Crippen LogP contribution in [0.1, 0.15) is 11.4 Å². The number of rotatable bonds is 4. The number of aromatic nitrogens is 3. The topological polar surface area (TPSA) is 67.6 Å². The maximum absolute atomic E-state index is 6.19. The van der Waals surface area contributed by atoms with Gasteiger partial charge in [0.15, 0.2) is 0 Å². The lowest BCUT2D eigenvalue weighted by molar-refractivity contribution is 0.963. The predicted molar refractivity (Wildman–Crippen MR) is 69.5 cm³/mol. The van der Waals surface area contributed by atoms with Crippen LogP contribution in [0.5, 0.6) is 0 Å². The molecule has 1 heterocycles. The quantitative estimate of drug-likeness (QED) is 0.894. The van der Waals surface area contributed by atoms with E-state index in [2.05, 4.69) is 15.2 Å². The Labute approximate surface area is 109 Å². The average molecular weight is 269 g/mol. The zero-order valence-electron chi connectivity index (χ0n) is 9.40. The highest BCUT2D eigenvalue weighted by molar-refractivity contribution is 7.99. The van der Waals surface area contributed by atoms with Crippen LogP contribution in [0, 0.1) is 6.92 Å². The van der Waals surface area contributed by atoms with Gasteiger partial charge in [-0.1, -0.05) is 17.7 Å². The van der Waals surface area contributed by atoms with Crippen LogP contribution in [-0.2, 0) is 6.42 Å². The number of hydrogen-bond donors (Lipinski definition) is 2. The van der Waals surface area contributed by atoms with Crippen molar-refractivity contribution >= 4 is 23.4 Å². The molecule has 0 bridgehead atoms. The molecular weight excluding hydrogens is 256 g/mol. The van der Waals surface area contributed by atoms with Crippen molar-refractivity contribution in [1.29, 1.82) is 0 Å². The van der Waals surface area contributed by atoms with Gasteiger partial charge in [-0.25, -0.2) is 4.98 Å². The van der Waals surface area contributed by atoms with Crippen LogP contribution in [0.2, 0.25) is 5.02 Å². The van der Waals surface area contributed by atoms with Crippen molar-refractivity contribution in [1.82, 2.24) is 15.2 Å². The molecule has 0 saturated heterocycles. The number of aromatic amines is 1. The number of nitrogens with zero attached hydrogens (tertiary/aromatic N) is 2. The molecule has 0 radical (unpaired) electrons. The molecule has 0 saturated carbocycles. The number of nitrogens with two attached hydrogens (primary N) is 1. The summed E-state index contributed by atoms with van der Waals surface area (Å²) in [7, 11) is 0. The second-order valence-corrected chi connectivity index (χ2v) is 5.03. The van der Waals surface area contributed by atoms with E-state index in [-0.39, 0.29) is 0 Å². The minimum absolute atomic E-state index is 0.628. The third kappa shape index (κ3) is 3.21. The molecule has 0 aliphatic carbocycles. The van der Waals surface area contributed by atoms with Gasteiger partial charge in [0.1, 0.15) is 5.82 Å². The van der Waals surface area contributed by atoms with Crippen molar-refractivity contribution < 1.29 is 0 Å². The number of halogens is 1. The molecule has 0 fully saturated rings. The maximum Gasteiger partial charge on any atom is 0.213 e. The molecule has 90 valence electrons. The number of nitrogens with one attached hydrogen (secondary N) is 1. The first-order valence-electron chi connectivity index (χ1n) is 5.24. The summed E-state index contributed by atoms with van der Waals surface area (Å²) in [6.07, 6.45) is 0.838. The van der Waals surface area contributed by atoms with Crippen molar-refractivity contribution in [2.75, 3.05) is 6.54 Å². The lowest BCUT2D eigenvalue weighted by Crippen LogP contribution is -2.02. The van der Waals surface area contributed by atoms with Gasteiger partial charge in [0.05, 0.1) is 5.02 Å². The number of H-pyrrole nitrogens is 1. The Bertz CT molecular complexity index is 512. The molecule has 0 spiro atoms. The Kier molecular flexibility index (Phi) is 4.04. The lowest BCUT2D eigenvalue weighted by Gasteiger charge is -2.04. The van der Waals surface area contributed by atoms with E-state index in [1.165, 1.54) is 11.8 Å². The fourth-order valence-electron chi connectivity index (χ4n) is 1.42. The van der Waals surface area contributed by atoms with Crippen LogP contribution in [0.25, 0.3) is 0 Å². The minimum Gasteiger partial charge on any atom is -0.330 e. The molecule has 0 atom stereocenters. The SMILES string of the molecule is Cc1nc(Sc2ccc(CCN)cc2Cl)n[nH]1. The first-order valence-corrected chi connectivity index (χ1v) is 6.44. The minimum atomic E-state index is 0.628. The summed E-state index contributed by atoms with van der Waals surface area (Å²) >= 11 is 7.64. The molecule has 0 aliphatic heterocycles. The molecule has 1 aromatic heterocycles. The van der Waals surface area contributed by atoms with E-state index in [1.54, 1.807) is 0 Å². The molecular formula is C11H13ClN4S. The molecule has 0 unspecified atom stereocenters. The molecule has 17 heavy (non-hydrogen) atoms. The highest BCUT2D eigenvalue weighted by atomic mass is 35.5. The zero-order chi connectivity index (χ0) is 12.3. The molecule has 0 aliphatic rings. The van der Waals surface area contributed by atoms with Crippen LogP contribution in [0.4, 0.5) is 0 Å². The van der Waals surface area contributed by atoms with Gasteiger partial charge < -0.3 is 5.73 Å². The summed E-state index contributed by atoms with van der Waals surface area (Å²) in [6, 6.07) is 5.94. The van der Waals surface area contributed by atoms with Gasteiger partial charge in [0.2, 0.25) is 5.16 Å². The highest BCUT2D eigenvalue weighted by Gasteiger charge is 2.07. The smallest absolute Gasteiger partial charge is 0.213 e. The molecule has 0 amide bonds. The molecule has 6 heteroatoms. The Morgan fingerprint density at radius 3 is 2.88 bits per heavy atom. The van der Waals surface area contributed by atoms with E-state index in [0.29, 0.717) is 16.7 Å². The molecule has 2 rings (SSSR count). The second-order valence-electron chi connectivity index (χ2n) is 3.61. The summed E-state index contributed by atoms with van der Waals surface area (Å²) in [5, 5.41) is 8.25. The number of aryl methyl sites for hydroxylation is 1. The molecule has 4 nitrogen and oxygen atoms in total. The predicted octanol–water partition coefficient (Wildman–Crippen LogP) is 2.42.